The third-order valence-electron chi connectivity index (χ3n) is 3.35. The monoisotopic (exact) mass is 250 g/mol. The van der Waals surface area contributed by atoms with Gasteiger partial charge < -0.3 is 20.1 Å². The van der Waals surface area contributed by atoms with Crippen LogP contribution in [0.3, 0.4) is 0 Å². The van der Waals surface area contributed by atoms with Crippen LogP contribution in [0, 0.1) is 0 Å². The molecule has 0 spiro atoms. The predicted molar refractivity (Wildman–Crippen MR) is 72.4 cm³/mol. The zero-order chi connectivity index (χ0) is 12.8. The van der Waals surface area contributed by atoms with Gasteiger partial charge in [0.1, 0.15) is 6.61 Å². The largest absolute Gasteiger partial charge is 0.493 e. The van der Waals surface area contributed by atoms with Crippen molar-refractivity contribution < 1.29 is 9.47 Å². The van der Waals surface area contributed by atoms with Gasteiger partial charge in [-0.25, -0.2) is 0 Å². The number of rotatable bonds is 6. The van der Waals surface area contributed by atoms with Gasteiger partial charge in [-0.3, -0.25) is 0 Å². The average Bonchev–Trinajstić information content (AvgIpc) is 2.82. The van der Waals surface area contributed by atoms with Crippen molar-refractivity contribution in [3.8, 4) is 11.5 Å². The maximum absolute atomic E-state index is 5.72. The fourth-order valence-corrected chi connectivity index (χ4v) is 2.22. The first-order valence-electron chi connectivity index (χ1n) is 6.45. The van der Waals surface area contributed by atoms with Crippen molar-refractivity contribution in [1.82, 2.24) is 10.6 Å². The van der Waals surface area contributed by atoms with Crippen molar-refractivity contribution in [2.75, 3.05) is 33.4 Å². The van der Waals surface area contributed by atoms with E-state index in [1.54, 1.807) is 7.11 Å². The maximum atomic E-state index is 5.72. The molecule has 0 bridgehead atoms. The zero-order valence-corrected chi connectivity index (χ0v) is 11.2. The van der Waals surface area contributed by atoms with E-state index >= 15 is 0 Å². The Morgan fingerprint density at radius 1 is 1.33 bits per heavy atom. The van der Waals surface area contributed by atoms with Crippen LogP contribution in [0.4, 0.5) is 0 Å². The molecule has 0 aromatic heterocycles. The molecule has 1 unspecified atom stereocenters. The summed E-state index contributed by atoms with van der Waals surface area (Å²) in [6, 6.07) is 7.73. The van der Waals surface area contributed by atoms with E-state index in [0.29, 0.717) is 6.61 Å². The van der Waals surface area contributed by atoms with Crippen LogP contribution in [0.1, 0.15) is 13.3 Å². The van der Waals surface area contributed by atoms with Gasteiger partial charge in [-0.2, -0.15) is 0 Å². The Bertz CT molecular complexity index is 376. The Labute approximate surface area is 109 Å². The zero-order valence-electron chi connectivity index (χ0n) is 11.2. The molecule has 2 rings (SSSR count). The van der Waals surface area contributed by atoms with E-state index in [9.17, 15) is 0 Å². The first kappa shape index (κ1) is 13.2. The number of benzene rings is 1. The summed E-state index contributed by atoms with van der Waals surface area (Å²) in [6.07, 6.45) is 1.17. The van der Waals surface area contributed by atoms with Gasteiger partial charge in [0.15, 0.2) is 11.5 Å². The van der Waals surface area contributed by atoms with Gasteiger partial charge >= 0.3 is 0 Å². The topological polar surface area (TPSA) is 42.5 Å². The molecule has 0 amide bonds. The van der Waals surface area contributed by atoms with Gasteiger partial charge in [0.25, 0.3) is 0 Å². The molecular weight excluding hydrogens is 228 g/mol. The summed E-state index contributed by atoms with van der Waals surface area (Å²) in [5.41, 5.74) is 0.212. The Morgan fingerprint density at radius 3 is 2.78 bits per heavy atom. The Kier molecular flexibility index (Phi) is 4.44. The lowest BCUT2D eigenvalue weighted by atomic mass is 10.0. The minimum atomic E-state index is 0.212. The van der Waals surface area contributed by atoms with Gasteiger partial charge in [0.05, 0.1) is 7.11 Å². The highest BCUT2D eigenvalue weighted by molar-refractivity contribution is 5.39. The van der Waals surface area contributed by atoms with Gasteiger partial charge in [0.2, 0.25) is 0 Å². The van der Waals surface area contributed by atoms with Crippen molar-refractivity contribution in [2.24, 2.45) is 0 Å². The molecule has 100 valence electrons. The number of nitrogens with one attached hydrogen (secondary N) is 2. The van der Waals surface area contributed by atoms with Crippen LogP contribution in [0.5, 0.6) is 11.5 Å². The minimum Gasteiger partial charge on any atom is -0.493 e. The van der Waals surface area contributed by atoms with E-state index in [0.717, 1.165) is 31.1 Å². The van der Waals surface area contributed by atoms with E-state index in [1.165, 1.54) is 6.42 Å². The highest BCUT2D eigenvalue weighted by atomic mass is 16.5. The molecule has 2 N–H and O–H groups in total. The number of hydrogen-bond donors (Lipinski definition) is 2. The van der Waals surface area contributed by atoms with Crippen molar-refractivity contribution in [2.45, 2.75) is 18.9 Å². The van der Waals surface area contributed by atoms with Crippen LogP contribution in [-0.2, 0) is 0 Å². The summed E-state index contributed by atoms with van der Waals surface area (Å²) in [4.78, 5) is 0. The lowest BCUT2D eigenvalue weighted by Gasteiger charge is -2.24. The van der Waals surface area contributed by atoms with Crippen LogP contribution in [0.25, 0.3) is 0 Å². The normalized spacial score (nSPS) is 23.0. The molecule has 1 aromatic carbocycles. The smallest absolute Gasteiger partial charge is 0.161 e. The molecule has 4 nitrogen and oxygen atoms in total. The molecular formula is C14H22N2O2. The van der Waals surface area contributed by atoms with E-state index in [-0.39, 0.29) is 5.54 Å². The average molecular weight is 250 g/mol. The Balaban J connectivity index is 1.75. The molecule has 0 saturated carbocycles. The third-order valence-corrected chi connectivity index (χ3v) is 3.35. The van der Waals surface area contributed by atoms with Gasteiger partial charge in [-0.15, -0.1) is 0 Å². The van der Waals surface area contributed by atoms with Gasteiger partial charge in [-0.1, -0.05) is 12.1 Å². The second-order valence-electron chi connectivity index (χ2n) is 4.91. The molecule has 1 aliphatic heterocycles. The van der Waals surface area contributed by atoms with Crippen molar-refractivity contribution >= 4 is 0 Å². The lowest BCUT2D eigenvalue weighted by molar-refractivity contribution is 0.270. The van der Waals surface area contributed by atoms with Crippen LogP contribution < -0.4 is 20.1 Å². The van der Waals surface area contributed by atoms with E-state index in [4.69, 9.17) is 9.47 Å². The lowest BCUT2D eigenvalue weighted by Crippen LogP contribution is -2.45. The van der Waals surface area contributed by atoms with Gasteiger partial charge in [0, 0.05) is 18.6 Å². The number of hydrogen-bond acceptors (Lipinski definition) is 4. The summed E-state index contributed by atoms with van der Waals surface area (Å²) >= 11 is 0. The fraction of sp³-hybridized carbons (Fsp3) is 0.571. The summed E-state index contributed by atoms with van der Waals surface area (Å²) in [6.45, 7) is 5.86. The summed E-state index contributed by atoms with van der Waals surface area (Å²) in [7, 11) is 1.66. The molecule has 1 heterocycles. The number of para-hydroxylation sites is 2. The fourth-order valence-electron chi connectivity index (χ4n) is 2.22. The SMILES string of the molecule is COc1ccccc1OCCNC1(C)CCNC1. The van der Waals surface area contributed by atoms with Crippen molar-refractivity contribution in [1.29, 1.82) is 0 Å². The molecule has 1 fully saturated rings. The van der Waals surface area contributed by atoms with E-state index < -0.39 is 0 Å². The summed E-state index contributed by atoms with van der Waals surface area (Å²) in [5.74, 6) is 1.59. The Hall–Kier alpha value is -1.26. The van der Waals surface area contributed by atoms with Crippen LogP contribution >= 0.6 is 0 Å². The molecule has 1 saturated heterocycles. The Morgan fingerprint density at radius 2 is 2.11 bits per heavy atom. The maximum Gasteiger partial charge on any atom is 0.161 e. The van der Waals surface area contributed by atoms with E-state index in [1.807, 2.05) is 24.3 Å². The highest BCUT2D eigenvalue weighted by Crippen LogP contribution is 2.25. The molecule has 0 aliphatic carbocycles. The van der Waals surface area contributed by atoms with Crippen LogP contribution in [0.15, 0.2) is 24.3 Å². The quantitative estimate of drug-likeness (QED) is 0.749. The van der Waals surface area contributed by atoms with Gasteiger partial charge in [-0.05, 0) is 32.0 Å². The molecule has 4 heteroatoms. The van der Waals surface area contributed by atoms with Crippen LogP contribution in [0.2, 0.25) is 0 Å². The summed E-state index contributed by atoms with van der Waals surface area (Å²) in [5, 5.41) is 6.90. The standard InChI is InChI=1S/C14H22N2O2/c1-14(7-8-15-11-14)16-9-10-18-13-6-4-3-5-12(13)17-2/h3-6,15-16H,7-11H2,1-2H3. The van der Waals surface area contributed by atoms with Crippen molar-refractivity contribution in [3.63, 3.8) is 0 Å². The minimum absolute atomic E-state index is 0.212. The second kappa shape index (κ2) is 6.07. The second-order valence-corrected chi connectivity index (χ2v) is 4.91. The van der Waals surface area contributed by atoms with Crippen molar-refractivity contribution in [3.05, 3.63) is 24.3 Å². The summed E-state index contributed by atoms with van der Waals surface area (Å²) < 4.78 is 11.0. The van der Waals surface area contributed by atoms with Crippen LogP contribution in [-0.4, -0.2) is 38.9 Å². The molecule has 0 radical (unpaired) electrons. The molecule has 1 aliphatic rings. The number of methoxy groups -OCH3 is 1. The molecule has 1 aromatic rings. The first-order valence-corrected chi connectivity index (χ1v) is 6.45. The first-order chi connectivity index (χ1) is 8.73. The predicted octanol–water partition coefficient (Wildman–Crippen LogP) is 1.42. The highest BCUT2D eigenvalue weighted by Gasteiger charge is 2.27. The third kappa shape index (κ3) is 3.37. The molecule has 18 heavy (non-hydrogen) atoms. The van der Waals surface area contributed by atoms with E-state index in [2.05, 4.69) is 17.6 Å². The number of ether oxygens (including phenoxy) is 2. The molecule has 1 atom stereocenters.